The van der Waals surface area contributed by atoms with Gasteiger partial charge in [-0.2, -0.15) is 0 Å². The summed E-state index contributed by atoms with van der Waals surface area (Å²) in [5, 5.41) is 5.50. The van der Waals surface area contributed by atoms with Gasteiger partial charge in [0.15, 0.2) is 0 Å². The zero-order chi connectivity index (χ0) is 15.4. The van der Waals surface area contributed by atoms with Gasteiger partial charge in [0.2, 0.25) is 0 Å². The molecule has 2 rings (SSSR count). The van der Waals surface area contributed by atoms with Gasteiger partial charge in [0, 0.05) is 24.0 Å². The van der Waals surface area contributed by atoms with Crippen LogP contribution in [0, 0.1) is 0 Å². The Bertz CT molecular complexity index is 664. The largest absolute Gasteiger partial charge is 0.398 e. The molecule has 6 heteroatoms. The number of hydrogen-bond acceptors (Lipinski definition) is 3. The maximum absolute atomic E-state index is 12.2. The Hall–Kier alpha value is -2.53. The summed E-state index contributed by atoms with van der Waals surface area (Å²) < 4.78 is 0. The number of nitrogens with two attached hydrogens (primary N) is 1. The molecule has 2 aromatic rings. The molecule has 0 aromatic heterocycles. The molecule has 0 unspecified atom stereocenters. The van der Waals surface area contributed by atoms with Crippen molar-refractivity contribution in [2.75, 3.05) is 18.1 Å². The summed E-state index contributed by atoms with van der Waals surface area (Å²) in [7, 11) is 1.55. The van der Waals surface area contributed by atoms with E-state index in [0.717, 1.165) is 0 Å². The third kappa shape index (κ3) is 3.32. The van der Waals surface area contributed by atoms with E-state index in [1.54, 1.807) is 49.5 Å². The van der Waals surface area contributed by atoms with Crippen LogP contribution in [0.25, 0.3) is 0 Å². The zero-order valence-electron chi connectivity index (χ0n) is 11.3. The van der Waals surface area contributed by atoms with Crippen molar-refractivity contribution in [3.63, 3.8) is 0 Å². The fourth-order valence-corrected chi connectivity index (χ4v) is 2.09. The lowest BCUT2D eigenvalue weighted by molar-refractivity contribution is 0.0962. The van der Waals surface area contributed by atoms with Gasteiger partial charge in [-0.25, -0.2) is 0 Å². The van der Waals surface area contributed by atoms with E-state index in [1.807, 2.05) is 0 Å². The molecule has 2 aromatic carbocycles. The molecule has 0 aliphatic rings. The third-order valence-electron chi connectivity index (χ3n) is 2.90. The number of carbonyl (C=O) groups excluding carboxylic acids is 2. The van der Waals surface area contributed by atoms with Crippen molar-refractivity contribution in [1.29, 1.82) is 0 Å². The molecule has 0 saturated heterocycles. The van der Waals surface area contributed by atoms with Crippen LogP contribution in [0.15, 0.2) is 42.5 Å². The monoisotopic (exact) mass is 303 g/mol. The summed E-state index contributed by atoms with van der Waals surface area (Å²) in [4.78, 5) is 23.6. The molecule has 0 atom stereocenters. The van der Waals surface area contributed by atoms with Crippen LogP contribution >= 0.6 is 11.6 Å². The topological polar surface area (TPSA) is 84.2 Å². The number of rotatable bonds is 3. The Morgan fingerprint density at radius 2 is 1.71 bits per heavy atom. The standard InChI is InChI=1S/C15H14ClN3O2/c1-18-14(20)9-5-7-10(8-6-9)19-15(21)13-11(16)3-2-4-12(13)17/h2-8H,17H2,1H3,(H,18,20)(H,19,21). The summed E-state index contributed by atoms with van der Waals surface area (Å²) >= 11 is 5.98. The molecule has 0 saturated carbocycles. The molecule has 0 fully saturated rings. The quantitative estimate of drug-likeness (QED) is 0.762. The second-order valence-corrected chi connectivity index (χ2v) is 4.72. The van der Waals surface area contributed by atoms with Crippen LogP contribution in [-0.2, 0) is 0 Å². The second kappa shape index (κ2) is 6.28. The van der Waals surface area contributed by atoms with E-state index in [2.05, 4.69) is 10.6 Å². The average molecular weight is 304 g/mol. The summed E-state index contributed by atoms with van der Waals surface area (Å²) in [5.41, 5.74) is 7.35. The average Bonchev–Trinajstić information content (AvgIpc) is 2.47. The zero-order valence-corrected chi connectivity index (χ0v) is 12.1. The van der Waals surface area contributed by atoms with Crippen molar-refractivity contribution in [2.45, 2.75) is 0 Å². The van der Waals surface area contributed by atoms with Gasteiger partial charge in [0.1, 0.15) is 0 Å². The maximum atomic E-state index is 12.2. The summed E-state index contributed by atoms with van der Waals surface area (Å²) in [6.07, 6.45) is 0. The van der Waals surface area contributed by atoms with E-state index in [-0.39, 0.29) is 16.5 Å². The van der Waals surface area contributed by atoms with Crippen molar-refractivity contribution in [2.24, 2.45) is 0 Å². The van der Waals surface area contributed by atoms with Crippen LogP contribution in [0.1, 0.15) is 20.7 Å². The highest BCUT2D eigenvalue weighted by molar-refractivity contribution is 6.35. The van der Waals surface area contributed by atoms with Crippen LogP contribution in [0.3, 0.4) is 0 Å². The van der Waals surface area contributed by atoms with Crippen molar-refractivity contribution in [3.05, 3.63) is 58.6 Å². The highest BCUT2D eigenvalue weighted by atomic mass is 35.5. The van der Waals surface area contributed by atoms with Crippen LogP contribution in [0.5, 0.6) is 0 Å². The molecule has 0 bridgehead atoms. The molecule has 5 nitrogen and oxygen atoms in total. The Morgan fingerprint density at radius 3 is 2.29 bits per heavy atom. The molecule has 21 heavy (non-hydrogen) atoms. The summed E-state index contributed by atoms with van der Waals surface area (Å²) in [5.74, 6) is -0.589. The van der Waals surface area contributed by atoms with Crippen LogP contribution in [-0.4, -0.2) is 18.9 Å². The molecule has 0 heterocycles. The number of hydrogen-bond donors (Lipinski definition) is 3. The van der Waals surface area contributed by atoms with E-state index in [1.165, 1.54) is 0 Å². The number of nitrogens with one attached hydrogen (secondary N) is 2. The SMILES string of the molecule is CNC(=O)c1ccc(NC(=O)c2c(N)cccc2Cl)cc1. The van der Waals surface area contributed by atoms with Gasteiger partial charge in [-0.05, 0) is 36.4 Å². The number of nitrogen functional groups attached to an aromatic ring is 1. The van der Waals surface area contributed by atoms with Crippen molar-refractivity contribution < 1.29 is 9.59 Å². The first-order chi connectivity index (χ1) is 10.0. The van der Waals surface area contributed by atoms with Gasteiger partial charge in [0.25, 0.3) is 11.8 Å². The minimum Gasteiger partial charge on any atom is -0.398 e. The Labute approximate surface area is 127 Å². The molecule has 0 spiro atoms. The number of halogens is 1. The van der Waals surface area contributed by atoms with Gasteiger partial charge in [-0.1, -0.05) is 17.7 Å². The second-order valence-electron chi connectivity index (χ2n) is 4.31. The first kappa shape index (κ1) is 14.9. The van der Waals surface area contributed by atoms with E-state index >= 15 is 0 Å². The van der Waals surface area contributed by atoms with Crippen LogP contribution < -0.4 is 16.4 Å². The first-order valence-corrected chi connectivity index (χ1v) is 6.58. The van der Waals surface area contributed by atoms with E-state index in [9.17, 15) is 9.59 Å². The predicted molar refractivity (Wildman–Crippen MR) is 83.6 cm³/mol. The van der Waals surface area contributed by atoms with E-state index in [4.69, 9.17) is 17.3 Å². The molecule has 0 radical (unpaired) electrons. The fourth-order valence-electron chi connectivity index (χ4n) is 1.82. The Balaban J connectivity index is 2.18. The molecule has 108 valence electrons. The number of benzene rings is 2. The van der Waals surface area contributed by atoms with Crippen molar-refractivity contribution in [3.8, 4) is 0 Å². The minimum absolute atomic E-state index is 0.191. The summed E-state index contributed by atoms with van der Waals surface area (Å²) in [6, 6.07) is 11.4. The predicted octanol–water partition coefficient (Wildman–Crippen LogP) is 2.53. The number of carbonyl (C=O) groups is 2. The third-order valence-corrected chi connectivity index (χ3v) is 3.22. The molecule has 4 N–H and O–H groups in total. The normalized spacial score (nSPS) is 10.0. The van der Waals surface area contributed by atoms with Crippen LogP contribution in [0.4, 0.5) is 11.4 Å². The van der Waals surface area contributed by atoms with Crippen molar-refractivity contribution in [1.82, 2.24) is 5.32 Å². The van der Waals surface area contributed by atoms with Gasteiger partial charge < -0.3 is 16.4 Å². The van der Waals surface area contributed by atoms with Crippen molar-refractivity contribution >= 4 is 34.8 Å². The maximum Gasteiger partial charge on any atom is 0.259 e. The molecule has 0 aliphatic carbocycles. The minimum atomic E-state index is -0.397. The number of amides is 2. The highest BCUT2D eigenvalue weighted by Crippen LogP contribution is 2.23. The first-order valence-electron chi connectivity index (χ1n) is 6.20. The molecular weight excluding hydrogens is 290 g/mol. The Kier molecular flexibility index (Phi) is 4.45. The van der Waals surface area contributed by atoms with Gasteiger partial charge in [-0.3, -0.25) is 9.59 Å². The molecular formula is C15H14ClN3O2. The van der Waals surface area contributed by atoms with Gasteiger partial charge >= 0.3 is 0 Å². The Morgan fingerprint density at radius 1 is 1.05 bits per heavy atom. The van der Waals surface area contributed by atoms with E-state index in [0.29, 0.717) is 16.9 Å². The lowest BCUT2D eigenvalue weighted by atomic mass is 10.1. The van der Waals surface area contributed by atoms with Crippen LogP contribution in [0.2, 0.25) is 5.02 Å². The van der Waals surface area contributed by atoms with E-state index < -0.39 is 5.91 Å². The lowest BCUT2D eigenvalue weighted by Crippen LogP contribution is -2.18. The lowest BCUT2D eigenvalue weighted by Gasteiger charge is -2.09. The summed E-state index contributed by atoms with van der Waals surface area (Å²) in [6.45, 7) is 0. The fraction of sp³-hybridized carbons (Fsp3) is 0.0667. The molecule has 0 aliphatic heterocycles. The molecule has 2 amide bonds. The number of anilines is 2. The highest BCUT2D eigenvalue weighted by Gasteiger charge is 2.14. The van der Waals surface area contributed by atoms with Gasteiger partial charge in [-0.15, -0.1) is 0 Å². The smallest absolute Gasteiger partial charge is 0.259 e. The van der Waals surface area contributed by atoms with Gasteiger partial charge in [0.05, 0.1) is 10.6 Å².